The third-order valence-corrected chi connectivity index (χ3v) is 5.14. The fourth-order valence-electron chi connectivity index (χ4n) is 2.73. The van der Waals surface area contributed by atoms with E-state index in [2.05, 4.69) is 10.6 Å². The Morgan fingerprint density at radius 2 is 1.85 bits per heavy atom. The summed E-state index contributed by atoms with van der Waals surface area (Å²) in [5.41, 5.74) is 2.34. The number of fused-ring (bicyclic) bond motifs is 2. The molecule has 7 heteroatoms. The van der Waals surface area contributed by atoms with Gasteiger partial charge in [-0.15, -0.1) is 0 Å². The maximum absolute atomic E-state index is 12.1. The minimum absolute atomic E-state index is 0.301. The number of carbonyl (C=O) groups is 1. The Kier molecular flexibility index (Phi) is 5.41. The SMILES string of the molecule is COc1ccc2c(c1)Sc1c(ccc(OC)c1CNC(=O)OC(C)(C)C)N2. The molecule has 1 aliphatic rings. The average Bonchev–Trinajstić information content (AvgIpc) is 2.62. The fraction of sp³-hybridized carbons (Fsp3) is 0.350. The fourth-order valence-corrected chi connectivity index (χ4v) is 3.88. The second kappa shape index (κ2) is 7.60. The molecule has 144 valence electrons. The summed E-state index contributed by atoms with van der Waals surface area (Å²) in [6, 6.07) is 9.78. The van der Waals surface area contributed by atoms with Gasteiger partial charge >= 0.3 is 6.09 Å². The predicted octanol–water partition coefficient (Wildman–Crippen LogP) is 4.94. The van der Waals surface area contributed by atoms with E-state index in [1.165, 1.54) is 0 Å². The van der Waals surface area contributed by atoms with Crippen LogP contribution in [-0.2, 0) is 11.3 Å². The number of hydrogen-bond donors (Lipinski definition) is 2. The molecule has 0 spiro atoms. The molecular formula is C20H24N2O4S. The van der Waals surface area contributed by atoms with Crippen LogP contribution in [0.1, 0.15) is 26.3 Å². The number of hydrogen-bond acceptors (Lipinski definition) is 6. The highest BCUT2D eigenvalue weighted by Crippen LogP contribution is 2.48. The summed E-state index contributed by atoms with van der Waals surface area (Å²) < 4.78 is 16.2. The van der Waals surface area contributed by atoms with E-state index >= 15 is 0 Å². The van der Waals surface area contributed by atoms with Crippen molar-refractivity contribution in [2.75, 3.05) is 19.5 Å². The van der Waals surface area contributed by atoms with Crippen LogP contribution >= 0.6 is 11.8 Å². The van der Waals surface area contributed by atoms with Gasteiger partial charge in [0.1, 0.15) is 17.1 Å². The lowest BCUT2D eigenvalue weighted by molar-refractivity contribution is 0.0523. The number of anilines is 2. The molecule has 1 aliphatic heterocycles. The Balaban J connectivity index is 1.88. The standard InChI is InChI=1S/C20H24N2O4S/c1-20(2,3)26-19(23)21-11-13-16(25-5)9-8-15-18(13)27-17-10-12(24-4)6-7-14(17)22-15/h6-10,22H,11H2,1-5H3,(H,21,23). The molecule has 6 nitrogen and oxygen atoms in total. The second-order valence-corrected chi connectivity index (χ2v) is 8.12. The van der Waals surface area contributed by atoms with Crippen molar-refractivity contribution in [2.24, 2.45) is 0 Å². The van der Waals surface area contributed by atoms with Crippen LogP contribution in [0.25, 0.3) is 0 Å². The molecule has 0 aliphatic carbocycles. The molecule has 0 saturated carbocycles. The van der Waals surface area contributed by atoms with Crippen LogP contribution in [-0.4, -0.2) is 25.9 Å². The van der Waals surface area contributed by atoms with Gasteiger partial charge in [0.05, 0.1) is 32.1 Å². The molecule has 0 unspecified atom stereocenters. The van der Waals surface area contributed by atoms with Crippen molar-refractivity contribution in [1.82, 2.24) is 5.32 Å². The van der Waals surface area contributed by atoms with Gasteiger partial charge in [0.2, 0.25) is 0 Å². The summed E-state index contributed by atoms with van der Waals surface area (Å²) in [6.07, 6.45) is -0.460. The van der Waals surface area contributed by atoms with E-state index in [0.29, 0.717) is 12.3 Å². The average molecular weight is 388 g/mol. The quantitative estimate of drug-likeness (QED) is 0.660. The van der Waals surface area contributed by atoms with Gasteiger partial charge in [-0.3, -0.25) is 0 Å². The zero-order chi connectivity index (χ0) is 19.6. The maximum Gasteiger partial charge on any atom is 0.407 e. The molecule has 2 aromatic carbocycles. The second-order valence-electron chi connectivity index (χ2n) is 7.07. The van der Waals surface area contributed by atoms with E-state index in [4.69, 9.17) is 14.2 Å². The lowest BCUT2D eigenvalue weighted by Gasteiger charge is -2.25. The first-order chi connectivity index (χ1) is 12.8. The van der Waals surface area contributed by atoms with E-state index < -0.39 is 11.7 Å². The summed E-state index contributed by atoms with van der Waals surface area (Å²) in [7, 11) is 3.27. The zero-order valence-electron chi connectivity index (χ0n) is 16.1. The monoisotopic (exact) mass is 388 g/mol. The largest absolute Gasteiger partial charge is 0.497 e. The van der Waals surface area contributed by atoms with Gasteiger partial charge in [-0.1, -0.05) is 11.8 Å². The van der Waals surface area contributed by atoms with Crippen LogP contribution < -0.4 is 20.1 Å². The van der Waals surface area contributed by atoms with Gasteiger partial charge in [0.25, 0.3) is 0 Å². The Hall–Kier alpha value is -2.54. The normalized spacial score (nSPS) is 12.3. The molecular weight excluding hydrogens is 364 g/mol. The number of nitrogens with one attached hydrogen (secondary N) is 2. The zero-order valence-corrected chi connectivity index (χ0v) is 17.0. The number of amides is 1. The number of rotatable bonds is 4. The van der Waals surface area contributed by atoms with Gasteiger partial charge < -0.3 is 24.8 Å². The highest BCUT2D eigenvalue weighted by molar-refractivity contribution is 7.99. The number of ether oxygens (including phenoxy) is 3. The van der Waals surface area contributed by atoms with E-state index in [9.17, 15) is 4.79 Å². The Morgan fingerprint density at radius 1 is 1.11 bits per heavy atom. The third-order valence-electron chi connectivity index (χ3n) is 3.92. The van der Waals surface area contributed by atoms with Gasteiger partial charge in [-0.2, -0.15) is 0 Å². The van der Waals surface area contributed by atoms with Crippen molar-refractivity contribution >= 4 is 29.2 Å². The van der Waals surface area contributed by atoms with Gasteiger partial charge in [-0.25, -0.2) is 4.79 Å². The summed E-state index contributed by atoms with van der Waals surface area (Å²) in [6.45, 7) is 5.81. The van der Waals surface area contributed by atoms with E-state index in [0.717, 1.165) is 32.5 Å². The third kappa shape index (κ3) is 4.42. The first kappa shape index (κ1) is 19.2. The van der Waals surface area contributed by atoms with E-state index in [1.807, 2.05) is 51.1 Å². The smallest absolute Gasteiger partial charge is 0.407 e. The molecule has 2 aromatic rings. The summed E-state index contributed by atoms with van der Waals surface area (Å²) in [5, 5.41) is 6.25. The van der Waals surface area contributed by atoms with Crippen molar-refractivity contribution in [2.45, 2.75) is 42.7 Å². The van der Waals surface area contributed by atoms with Crippen LogP contribution in [0.5, 0.6) is 11.5 Å². The van der Waals surface area contributed by atoms with Crippen LogP contribution in [0.15, 0.2) is 40.1 Å². The highest BCUT2D eigenvalue weighted by atomic mass is 32.2. The number of carbonyl (C=O) groups excluding carboxylic acids is 1. The van der Waals surface area contributed by atoms with Gasteiger partial charge in [-0.05, 0) is 51.1 Å². The summed E-state index contributed by atoms with van der Waals surface area (Å²) >= 11 is 1.62. The van der Waals surface area contributed by atoms with Crippen molar-refractivity contribution < 1.29 is 19.0 Å². The number of methoxy groups -OCH3 is 2. The number of alkyl carbamates (subject to hydrolysis) is 1. The molecule has 1 amide bonds. The minimum Gasteiger partial charge on any atom is -0.497 e. The highest BCUT2D eigenvalue weighted by Gasteiger charge is 2.23. The van der Waals surface area contributed by atoms with Gasteiger partial charge in [0, 0.05) is 15.4 Å². The molecule has 2 N–H and O–H groups in total. The minimum atomic E-state index is -0.546. The topological polar surface area (TPSA) is 68.8 Å². The van der Waals surface area contributed by atoms with E-state index in [1.54, 1.807) is 26.0 Å². The molecule has 27 heavy (non-hydrogen) atoms. The maximum atomic E-state index is 12.1. The van der Waals surface area contributed by atoms with Crippen molar-refractivity contribution in [3.8, 4) is 11.5 Å². The Morgan fingerprint density at radius 3 is 2.52 bits per heavy atom. The van der Waals surface area contributed by atoms with Gasteiger partial charge in [0.15, 0.2) is 0 Å². The first-order valence-electron chi connectivity index (χ1n) is 8.60. The summed E-state index contributed by atoms with van der Waals surface area (Å²) in [5.74, 6) is 1.51. The first-order valence-corrected chi connectivity index (χ1v) is 9.42. The predicted molar refractivity (Wildman–Crippen MR) is 106 cm³/mol. The van der Waals surface area contributed by atoms with Crippen LogP contribution in [0.4, 0.5) is 16.2 Å². The molecule has 0 radical (unpaired) electrons. The molecule has 0 atom stereocenters. The van der Waals surface area contributed by atoms with E-state index in [-0.39, 0.29) is 0 Å². The van der Waals surface area contributed by atoms with Crippen molar-refractivity contribution in [3.63, 3.8) is 0 Å². The molecule has 3 rings (SSSR count). The molecule has 1 heterocycles. The lowest BCUT2D eigenvalue weighted by Crippen LogP contribution is -2.32. The Labute approximate surface area is 163 Å². The van der Waals surface area contributed by atoms with Crippen molar-refractivity contribution in [3.05, 3.63) is 35.9 Å². The lowest BCUT2D eigenvalue weighted by atomic mass is 10.1. The van der Waals surface area contributed by atoms with Crippen LogP contribution in [0, 0.1) is 0 Å². The number of benzene rings is 2. The molecule has 0 aromatic heterocycles. The molecule has 0 saturated heterocycles. The van der Waals surface area contributed by atoms with Crippen molar-refractivity contribution in [1.29, 1.82) is 0 Å². The van der Waals surface area contributed by atoms with Crippen LogP contribution in [0.2, 0.25) is 0 Å². The molecule has 0 bridgehead atoms. The van der Waals surface area contributed by atoms with Crippen LogP contribution in [0.3, 0.4) is 0 Å². The summed E-state index contributed by atoms with van der Waals surface area (Å²) in [4.78, 5) is 14.1. The Bertz CT molecular complexity index is 862. The molecule has 0 fully saturated rings.